The van der Waals surface area contributed by atoms with Gasteiger partial charge in [-0.3, -0.25) is 0 Å². The molecule has 0 aliphatic rings. The van der Waals surface area contributed by atoms with Gasteiger partial charge in [-0.05, 0) is 6.92 Å². The van der Waals surface area contributed by atoms with Gasteiger partial charge in [-0.2, -0.15) is 0 Å². The molecule has 0 bridgehead atoms. The minimum atomic E-state index is 0.704. The van der Waals surface area contributed by atoms with Crippen molar-refractivity contribution in [3.05, 3.63) is 41.9 Å². The average Bonchev–Trinajstić information content (AvgIpc) is 2.69. The second-order valence-corrected chi connectivity index (χ2v) is 3.11. The fraction of sp³-hybridized carbons (Fsp3) is 0.308. The van der Waals surface area contributed by atoms with E-state index < -0.39 is 0 Å². The number of oxazole rings is 1. The quantitative estimate of drug-likeness (QED) is 0.700. The van der Waals surface area contributed by atoms with Gasteiger partial charge in [0.15, 0.2) is 11.7 Å². The molecule has 2 rings (SSSR count). The van der Waals surface area contributed by atoms with Crippen molar-refractivity contribution in [2.24, 2.45) is 0 Å². The molecular formula is C13H17NO. The molecule has 1 aromatic heterocycles. The number of aryl methyl sites for hydroxylation is 2. The lowest BCUT2D eigenvalue weighted by Crippen LogP contribution is -1.74. The van der Waals surface area contributed by atoms with Gasteiger partial charge in [0.2, 0.25) is 0 Å². The lowest BCUT2D eigenvalue weighted by molar-refractivity contribution is 0.534. The van der Waals surface area contributed by atoms with Crippen LogP contribution in [0.3, 0.4) is 0 Å². The van der Waals surface area contributed by atoms with Crippen LogP contribution in [0, 0.1) is 13.8 Å². The first-order chi connectivity index (χ1) is 7.25. The predicted octanol–water partition coefficient (Wildman–Crippen LogP) is 3.98. The summed E-state index contributed by atoms with van der Waals surface area (Å²) in [6.07, 6.45) is 1.75. The summed E-state index contributed by atoms with van der Waals surface area (Å²) in [4.78, 5) is 4.05. The first kappa shape index (κ1) is 11.5. The summed E-state index contributed by atoms with van der Waals surface area (Å²) in [5.41, 5.74) is 2.33. The summed E-state index contributed by atoms with van der Waals surface area (Å²) in [5.74, 6) is 1.54. The molecule has 0 aliphatic heterocycles. The normalized spacial score (nSPS) is 9.33. The highest BCUT2D eigenvalue weighted by Crippen LogP contribution is 2.19. The van der Waals surface area contributed by atoms with Crippen LogP contribution in [0.4, 0.5) is 0 Å². The third kappa shape index (κ3) is 2.94. The van der Waals surface area contributed by atoms with E-state index in [-0.39, 0.29) is 0 Å². The number of benzene rings is 1. The molecule has 0 amide bonds. The average molecular weight is 203 g/mol. The highest BCUT2D eigenvalue weighted by molar-refractivity contribution is 5.56. The van der Waals surface area contributed by atoms with Crippen molar-refractivity contribution in [3.8, 4) is 11.3 Å². The maximum absolute atomic E-state index is 5.40. The number of hydrogen-bond acceptors (Lipinski definition) is 2. The molecule has 0 atom stereocenters. The second-order valence-electron chi connectivity index (χ2n) is 3.11. The number of aromatic nitrogens is 1. The van der Waals surface area contributed by atoms with Crippen LogP contribution in [-0.2, 0) is 0 Å². The van der Waals surface area contributed by atoms with Crippen LogP contribution in [0.5, 0.6) is 0 Å². The van der Waals surface area contributed by atoms with Crippen molar-refractivity contribution in [1.29, 1.82) is 0 Å². The molecule has 0 radical (unpaired) electrons. The molecule has 15 heavy (non-hydrogen) atoms. The lowest BCUT2D eigenvalue weighted by Gasteiger charge is -1.95. The van der Waals surface area contributed by atoms with Crippen molar-refractivity contribution < 1.29 is 4.42 Å². The zero-order valence-electron chi connectivity index (χ0n) is 9.74. The fourth-order valence-corrected chi connectivity index (χ4v) is 1.21. The van der Waals surface area contributed by atoms with Crippen LogP contribution in [0.2, 0.25) is 0 Å². The van der Waals surface area contributed by atoms with Crippen LogP contribution in [0.25, 0.3) is 11.3 Å². The van der Waals surface area contributed by atoms with Crippen LogP contribution < -0.4 is 0 Å². The Morgan fingerprint density at radius 3 is 2.07 bits per heavy atom. The summed E-state index contributed by atoms with van der Waals surface area (Å²) >= 11 is 0. The molecule has 0 saturated carbocycles. The van der Waals surface area contributed by atoms with Crippen LogP contribution in [0.15, 0.2) is 34.9 Å². The van der Waals surface area contributed by atoms with E-state index in [1.807, 2.05) is 32.9 Å². The van der Waals surface area contributed by atoms with E-state index in [0.717, 1.165) is 11.3 Å². The highest BCUT2D eigenvalue weighted by atomic mass is 16.4. The molecule has 2 heteroatoms. The van der Waals surface area contributed by atoms with E-state index in [4.69, 9.17) is 4.42 Å². The summed E-state index contributed by atoms with van der Waals surface area (Å²) < 4.78 is 5.40. The molecular weight excluding hydrogens is 186 g/mol. The van der Waals surface area contributed by atoms with E-state index in [2.05, 4.69) is 24.0 Å². The molecule has 80 valence electrons. The Kier molecular flexibility index (Phi) is 4.10. The van der Waals surface area contributed by atoms with E-state index in [0.29, 0.717) is 5.89 Å². The third-order valence-electron chi connectivity index (χ3n) is 1.96. The van der Waals surface area contributed by atoms with Gasteiger partial charge < -0.3 is 4.42 Å². The molecule has 2 nitrogen and oxygen atoms in total. The fourth-order valence-electron chi connectivity index (χ4n) is 1.21. The second kappa shape index (κ2) is 5.35. The monoisotopic (exact) mass is 203 g/mol. The Hall–Kier alpha value is -1.57. The molecule has 0 aliphatic carbocycles. The van der Waals surface area contributed by atoms with Crippen molar-refractivity contribution >= 4 is 0 Å². The van der Waals surface area contributed by atoms with Crippen molar-refractivity contribution in [1.82, 2.24) is 4.98 Å². The van der Waals surface area contributed by atoms with E-state index in [9.17, 15) is 0 Å². The first-order valence-corrected chi connectivity index (χ1v) is 5.25. The molecule has 1 heterocycles. The third-order valence-corrected chi connectivity index (χ3v) is 1.96. The largest absolute Gasteiger partial charge is 0.441 e. The van der Waals surface area contributed by atoms with Crippen molar-refractivity contribution in [2.45, 2.75) is 27.7 Å². The summed E-state index contributed by atoms with van der Waals surface area (Å²) in [6, 6.07) is 8.20. The van der Waals surface area contributed by atoms with Gasteiger partial charge in [-0.25, -0.2) is 4.98 Å². The standard InChI is InChI=1S/C11H11NO.C2H6/c1-8-3-5-10(6-4-8)11-7-12-9(2)13-11;1-2/h3-7H,1-2H3;1-2H3. The summed E-state index contributed by atoms with van der Waals surface area (Å²) in [5, 5.41) is 0. The summed E-state index contributed by atoms with van der Waals surface area (Å²) in [6.45, 7) is 7.91. The molecule has 2 aromatic rings. The van der Waals surface area contributed by atoms with Gasteiger partial charge in [-0.15, -0.1) is 0 Å². The minimum Gasteiger partial charge on any atom is -0.441 e. The minimum absolute atomic E-state index is 0.704. The zero-order chi connectivity index (χ0) is 11.3. The van der Waals surface area contributed by atoms with Crippen molar-refractivity contribution in [3.63, 3.8) is 0 Å². The van der Waals surface area contributed by atoms with Gasteiger partial charge in [0, 0.05) is 12.5 Å². The number of hydrogen-bond donors (Lipinski definition) is 0. The van der Waals surface area contributed by atoms with Gasteiger partial charge in [0.05, 0.1) is 6.20 Å². The van der Waals surface area contributed by atoms with Crippen LogP contribution in [0.1, 0.15) is 25.3 Å². The maximum Gasteiger partial charge on any atom is 0.191 e. The van der Waals surface area contributed by atoms with E-state index >= 15 is 0 Å². The maximum atomic E-state index is 5.40. The van der Waals surface area contributed by atoms with E-state index in [1.54, 1.807) is 6.20 Å². The molecule has 1 aromatic carbocycles. The Labute approximate surface area is 91.0 Å². The van der Waals surface area contributed by atoms with Gasteiger partial charge in [0.1, 0.15) is 0 Å². The molecule has 0 saturated heterocycles. The zero-order valence-corrected chi connectivity index (χ0v) is 9.74. The Bertz CT molecular complexity index is 401. The lowest BCUT2D eigenvalue weighted by atomic mass is 10.1. The van der Waals surface area contributed by atoms with Crippen LogP contribution >= 0.6 is 0 Å². The van der Waals surface area contributed by atoms with Crippen molar-refractivity contribution in [2.75, 3.05) is 0 Å². The van der Waals surface area contributed by atoms with Crippen LogP contribution in [-0.4, -0.2) is 4.98 Å². The number of rotatable bonds is 1. The summed E-state index contributed by atoms with van der Waals surface area (Å²) in [7, 11) is 0. The Balaban J connectivity index is 0.000000531. The van der Waals surface area contributed by atoms with Gasteiger partial charge in [0.25, 0.3) is 0 Å². The Morgan fingerprint density at radius 1 is 1.00 bits per heavy atom. The van der Waals surface area contributed by atoms with Gasteiger partial charge >= 0.3 is 0 Å². The molecule has 0 unspecified atom stereocenters. The van der Waals surface area contributed by atoms with Gasteiger partial charge in [-0.1, -0.05) is 43.7 Å². The molecule has 0 fully saturated rings. The molecule has 0 spiro atoms. The SMILES string of the molecule is CC.Cc1ccc(-c2cnc(C)o2)cc1. The highest BCUT2D eigenvalue weighted by Gasteiger charge is 2.01. The predicted molar refractivity (Wildman–Crippen MR) is 62.8 cm³/mol. The smallest absolute Gasteiger partial charge is 0.191 e. The topological polar surface area (TPSA) is 26.0 Å². The Morgan fingerprint density at radius 2 is 1.60 bits per heavy atom. The number of nitrogens with zero attached hydrogens (tertiary/aromatic N) is 1. The van der Waals surface area contributed by atoms with E-state index in [1.165, 1.54) is 5.56 Å². The first-order valence-electron chi connectivity index (χ1n) is 5.25. The molecule has 0 N–H and O–H groups in total.